The van der Waals surface area contributed by atoms with Crippen molar-refractivity contribution in [3.05, 3.63) is 24.3 Å². The van der Waals surface area contributed by atoms with E-state index in [1.54, 1.807) is 0 Å². The summed E-state index contributed by atoms with van der Waals surface area (Å²) in [7, 11) is -3.57. The van der Waals surface area contributed by atoms with Crippen molar-refractivity contribution in [1.82, 2.24) is 0 Å². The predicted molar refractivity (Wildman–Crippen MR) is 121 cm³/mol. The topological polar surface area (TPSA) is 18.5 Å². The summed E-state index contributed by atoms with van der Waals surface area (Å²) in [4.78, 5) is 0. The number of rotatable bonds is 4. The van der Waals surface area contributed by atoms with Crippen LogP contribution in [0.5, 0.6) is 0 Å². The van der Waals surface area contributed by atoms with Gasteiger partial charge in [-0.1, -0.05) is 65.8 Å². The van der Waals surface area contributed by atoms with Gasteiger partial charge >= 0.3 is 0 Å². The smallest absolute Gasteiger partial charge is 0.192 e. The van der Waals surface area contributed by atoms with Crippen LogP contribution in [-0.4, -0.2) is 28.8 Å². The monoisotopic (exact) mass is 406 g/mol. The second-order valence-electron chi connectivity index (χ2n) is 12.2. The van der Waals surface area contributed by atoms with E-state index in [-0.39, 0.29) is 22.3 Å². The van der Waals surface area contributed by atoms with E-state index in [4.69, 9.17) is 8.85 Å². The molecule has 0 heterocycles. The van der Waals surface area contributed by atoms with Gasteiger partial charge in [0.25, 0.3) is 0 Å². The molecular weight excluding hydrogens is 364 g/mol. The Bertz CT molecular complexity index is 569. The third-order valence-electron chi connectivity index (χ3n) is 8.31. The van der Waals surface area contributed by atoms with E-state index < -0.39 is 16.6 Å². The Morgan fingerprint density at radius 1 is 0.630 bits per heavy atom. The lowest BCUT2D eigenvalue weighted by Gasteiger charge is -2.48. The first kappa shape index (κ1) is 21.5. The summed E-state index contributed by atoms with van der Waals surface area (Å²) in [5.41, 5.74) is 0. The molecule has 2 nitrogen and oxygen atoms in total. The number of fused-ring (bicyclic) bond motifs is 5. The summed E-state index contributed by atoms with van der Waals surface area (Å²) in [6.07, 6.45) is 11.5. The fourth-order valence-corrected chi connectivity index (χ4v) is 7.11. The molecule has 0 saturated heterocycles. The van der Waals surface area contributed by atoms with Gasteiger partial charge in [0.15, 0.2) is 16.6 Å². The van der Waals surface area contributed by atoms with Crippen LogP contribution in [0.1, 0.15) is 48.0 Å². The van der Waals surface area contributed by atoms with Crippen molar-refractivity contribution in [2.75, 3.05) is 0 Å². The Hall–Kier alpha value is -0.166. The molecule has 4 heteroatoms. The number of allylic oxidation sites excluding steroid dienone is 2. The highest BCUT2D eigenvalue weighted by molar-refractivity contribution is 6.74. The zero-order chi connectivity index (χ0) is 20.4. The van der Waals surface area contributed by atoms with Gasteiger partial charge in [-0.3, -0.25) is 0 Å². The van der Waals surface area contributed by atoms with Crippen LogP contribution in [0.2, 0.25) is 36.3 Å². The highest BCUT2D eigenvalue weighted by Crippen LogP contribution is 2.55. The van der Waals surface area contributed by atoms with Crippen molar-refractivity contribution in [2.45, 2.75) is 96.4 Å². The Labute approximate surface area is 170 Å². The van der Waals surface area contributed by atoms with Crippen LogP contribution in [0, 0.1) is 23.7 Å². The van der Waals surface area contributed by atoms with Gasteiger partial charge in [-0.05, 0) is 66.4 Å². The molecule has 154 valence electrons. The maximum atomic E-state index is 6.93. The van der Waals surface area contributed by atoms with Gasteiger partial charge in [0.05, 0.1) is 12.2 Å². The van der Waals surface area contributed by atoms with E-state index in [2.05, 4.69) is 92.0 Å². The molecule has 3 rings (SSSR count). The largest absolute Gasteiger partial charge is 0.410 e. The molecule has 0 aliphatic heterocycles. The molecule has 0 radical (unpaired) electrons. The molecule has 3 aliphatic rings. The van der Waals surface area contributed by atoms with Crippen molar-refractivity contribution in [3.8, 4) is 0 Å². The molecule has 6 atom stereocenters. The Morgan fingerprint density at radius 3 is 1.26 bits per heavy atom. The molecule has 0 aromatic carbocycles. The lowest BCUT2D eigenvalue weighted by Crippen LogP contribution is -2.52. The third-order valence-corrected chi connectivity index (χ3v) is 17.3. The standard InChI is InChI=1S/C23H42O2Si2/c1-22(2,3)26(7,8)24-18-13-14-19(25-27(9,10)23(4,5)6)21-17-12-11-16(15-17)20(18)21/h11-14,16-21H,15H2,1-10H3/t16-,17+,18+,19-,20?,21?. The number of hydrogen-bond donors (Lipinski definition) is 0. The molecule has 0 aromatic rings. The first-order valence-electron chi connectivity index (χ1n) is 10.9. The molecule has 0 aromatic heterocycles. The van der Waals surface area contributed by atoms with Crippen LogP contribution in [0.15, 0.2) is 24.3 Å². The van der Waals surface area contributed by atoms with Gasteiger partial charge in [0.1, 0.15) is 0 Å². The van der Waals surface area contributed by atoms with E-state index in [0.29, 0.717) is 23.7 Å². The summed E-state index contributed by atoms with van der Waals surface area (Å²) >= 11 is 0. The molecule has 0 amide bonds. The third kappa shape index (κ3) is 3.84. The summed E-state index contributed by atoms with van der Waals surface area (Å²) in [6, 6.07) is 0. The molecule has 3 aliphatic carbocycles. The minimum absolute atomic E-state index is 0.248. The molecule has 27 heavy (non-hydrogen) atoms. The van der Waals surface area contributed by atoms with Crippen LogP contribution in [-0.2, 0) is 8.85 Å². The van der Waals surface area contributed by atoms with Crippen LogP contribution in [0.25, 0.3) is 0 Å². The first-order chi connectivity index (χ1) is 12.1. The van der Waals surface area contributed by atoms with Crippen molar-refractivity contribution >= 4 is 16.6 Å². The zero-order valence-corrected chi connectivity index (χ0v) is 21.3. The molecule has 1 saturated carbocycles. The molecule has 0 spiro atoms. The van der Waals surface area contributed by atoms with Crippen LogP contribution in [0.3, 0.4) is 0 Å². The minimum atomic E-state index is -1.79. The predicted octanol–water partition coefficient (Wildman–Crippen LogP) is 6.78. The second-order valence-corrected chi connectivity index (χ2v) is 21.7. The van der Waals surface area contributed by atoms with Crippen molar-refractivity contribution in [3.63, 3.8) is 0 Å². The zero-order valence-electron chi connectivity index (χ0n) is 19.3. The van der Waals surface area contributed by atoms with Crippen molar-refractivity contribution in [2.24, 2.45) is 23.7 Å². The maximum Gasteiger partial charge on any atom is 0.192 e. The summed E-state index contributed by atoms with van der Waals surface area (Å²) in [5, 5.41) is 0.497. The van der Waals surface area contributed by atoms with Gasteiger partial charge in [0, 0.05) is 0 Å². The van der Waals surface area contributed by atoms with Crippen molar-refractivity contribution in [1.29, 1.82) is 0 Å². The Balaban J connectivity index is 1.86. The summed E-state index contributed by atoms with van der Waals surface area (Å²) in [5.74, 6) is 2.53. The Kier molecular flexibility index (Phi) is 5.33. The molecule has 0 N–H and O–H groups in total. The van der Waals surface area contributed by atoms with Crippen LogP contribution < -0.4 is 0 Å². The quantitative estimate of drug-likeness (QED) is 0.378. The SMILES string of the molecule is CC(C)(C)[Si](C)(C)O[C@H]1C=C[C@@H](O[Si](C)(C)C(C)(C)C)C2C1[C@@H]1C=C[C@H]2C1. The summed E-state index contributed by atoms with van der Waals surface area (Å²) < 4.78 is 13.9. The highest BCUT2D eigenvalue weighted by atomic mass is 28.4. The van der Waals surface area contributed by atoms with Crippen LogP contribution >= 0.6 is 0 Å². The molecule has 2 bridgehead atoms. The Morgan fingerprint density at radius 2 is 0.963 bits per heavy atom. The second kappa shape index (κ2) is 6.68. The fraction of sp³-hybridized carbons (Fsp3) is 0.826. The first-order valence-corrected chi connectivity index (χ1v) is 16.7. The van der Waals surface area contributed by atoms with E-state index in [0.717, 1.165) is 0 Å². The molecule has 1 fully saturated rings. The molecule has 2 unspecified atom stereocenters. The van der Waals surface area contributed by atoms with Gasteiger partial charge in [0.2, 0.25) is 0 Å². The normalized spacial score (nSPS) is 36.4. The highest BCUT2D eigenvalue weighted by Gasteiger charge is 2.55. The average molecular weight is 407 g/mol. The van der Waals surface area contributed by atoms with Gasteiger partial charge < -0.3 is 8.85 Å². The average Bonchev–Trinajstić information content (AvgIpc) is 3.08. The van der Waals surface area contributed by atoms with Crippen LogP contribution in [0.4, 0.5) is 0 Å². The van der Waals surface area contributed by atoms with E-state index in [1.807, 2.05) is 0 Å². The lowest BCUT2D eigenvalue weighted by atomic mass is 9.73. The van der Waals surface area contributed by atoms with E-state index >= 15 is 0 Å². The van der Waals surface area contributed by atoms with Gasteiger partial charge in [-0.2, -0.15) is 0 Å². The number of hydrogen-bond acceptors (Lipinski definition) is 2. The minimum Gasteiger partial charge on any atom is -0.410 e. The lowest BCUT2D eigenvalue weighted by molar-refractivity contribution is 0.0378. The van der Waals surface area contributed by atoms with Gasteiger partial charge in [-0.25, -0.2) is 0 Å². The maximum absolute atomic E-state index is 6.93. The van der Waals surface area contributed by atoms with Crippen molar-refractivity contribution < 1.29 is 8.85 Å². The van der Waals surface area contributed by atoms with Gasteiger partial charge in [-0.15, -0.1) is 0 Å². The van der Waals surface area contributed by atoms with E-state index in [1.165, 1.54) is 6.42 Å². The van der Waals surface area contributed by atoms with E-state index in [9.17, 15) is 0 Å². The summed E-state index contributed by atoms with van der Waals surface area (Å²) in [6.45, 7) is 23.6. The fourth-order valence-electron chi connectivity index (χ4n) is 4.57. The molecular formula is C23H42O2Si2.